The smallest absolute Gasteiger partial charge is 0.324 e. The molecule has 7 heteroatoms. The fraction of sp³-hybridized carbons (Fsp3) is 0.276. The summed E-state index contributed by atoms with van der Waals surface area (Å²) in [5.41, 5.74) is 1.28. The van der Waals surface area contributed by atoms with Crippen LogP contribution in [0.5, 0.6) is 0 Å². The van der Waals surface area contributed by atoms with Gasteiger partial charge in [-0.05, 0) is 49.2 Å². The van der Waals surface area contributed by atoms with Crippen molar-refractivity contribution in [3.05, 3.63) is 91.0 Å². The van der Waals surface area contributed by atoms with Crippen molar-refractivity contribution in [2.24, 2.45) is 11.3 Å². The third kappa shape index (κ3) is 5.10. The molecule has 1 fully saturated rings. The fourth-order valence-electron chi connectivity index (χ4n) is 4.93. The highest BCUT2D eigenvalue weighted by Crippen LogP contribution is 2.41. The average Bonchev–Trinajstić information content (AvgIpc) is 2.94. The van der Waals surface area contributed by atoms with Crippen LogP contribution in [0.25, 0.3) is 0 Å². The van der Waals surface area contributed by atoms with Crippen LogP contribution in [-0.2, 0) is 9.59 Å². The van der Waals surface area contributed by atoms with Crippen LogP contribution in [0.3, 0.4) is 0 Å². The molecule has 3 aromatic rings. The van der Waals surface area contributed by atoms with E-state index < -0.39 is 17.3 Å². The maximum atomic E-state index is 13.1. The number of hydrogen-bond acceptors (Lipinski definition) is 4. The molecular weight excluding hydrogens is 454 g/mol. The number of aliphatic carboxylic acids is 1. The third-order valence-corrected chi connectivity index (χ3v) is 7.17. The number of rotatable bonds is 8. The summed E-state index contributed by atoms with van der Waals surface area (Å²) in [5, 5.41) is 10.4. The van der Waals surface area contributed by atoms with Crippen LogP contribution in [0.2, 0.25) is 0 Å². The Labute approximate surface area is 211 Å². The number of urea groups is 1. The Morgan fingerprint density at radius 1 is 0.861 bits per heavy atom. The van der Waals surface area contributed by atoms with Gasteiger partial charge in [0, 0.05) is 49.7 Å². The molecule has 0 radical (unpaired) electrons. The van der Waals surface area contributed by atoms with Gasteiger partial charge in [-0.1, -0.05) is 54.6 Å². The van der Waals surface area contributed by atoms with Gasteiger partial charge in [0.2, 0.25) is 0 Å². The van der Waals surface area contributed by atoms with E-state index in [1.54, 1.807) is 16.8 Å². The number of aldehydes is 1. The van der Waals surface area contributed by atoms with Crippen molar-refractivity contribution >= 4 is 35.3 Å². The molecule has 1 unspecified atom stereocenters. The number of hydrogen-bond donors (Lipinski definition) is 1. The van der Waals surface area contributed by atoms with Crippen LogP contribution in [-0.4, -0.2) is 55.0 Å². The molecule has 0 aromatic heterocycles. The molecule has 3 aromatic carbocycles. The molecule has 1 atom stereocenters. The molecule has 1 heterocycles. The van der Waals surface area contributed by atoms with Gasteiger partial charge in [-0.15, -0.1) is 0 Å². The van der Waals surface area contributed by atoms with Crippen LogP contribution in [0.4, 0.5) is 21.9 Å². The van der Waals surface area contributed by atoms with Gasteiger partial charge in [-0.3, -0.25) is 9.69 Å². The highest BCUT2D eigenvalue weighted by Gasteiger charge is 2.49. The van der Waals surface area contributed by atoms with E-state index >= 15 is 0 Å². The predicted molar refractivity (Wildman–Crippen MR) is 141 cm³/mol. The number of amides is 2. The lowest BCUT2D eigenvalue weighted by Crippen LogP contribution is -2.54. The number of piperidine rings is 1. The van der Waals surface area contributed by atoms with Crippen LogP contribution < -0.4 is 9.80 Å². The number of carboxylic acids is 1. The van der Waals surface area contributed by atoms with E-state index in [1.165, 1.54) is 0 Å². The van der Waals surface area contributed by atoms with Crippen molar-refractivity contribution in [2.75, 3.05) is 36.5 Å². The fourth-order valence-corrected chi connectivity index (χ4v) is 4.93. The van der Waals surface area contributed by atoms with Crippen LogP contribution in [0.1, 0.15) is 12.8 Å². The highest BCUT2D eigenvalue weighted by atomic mass is 16.4. The zero-order valence-corrected chi connectivity index (χ0v) is 20.4. The highest BCUT2D eigenvalue weighted by molar-refractivity contribution is 5.91. The third-order valence-electron chi connectivity index (χ3n) is 7.17. The molecule has 0 spiro atoms. The van der Waals surface area contributed by atoms with Crippen LogP contribution in [0.15, 0.2) is 91.0 Å². The standard InChI is InChI=1S/C29H31N3O4/c1-30(24-11-5-2-6-12-24)28(36)31-19-17-29(18-20-31,27(34)35)23(22-33)21-32(25-13-7-3-8-14-25)26-15-9-4-10-16-26/h2-16,22-23H,17-21H2,1H3,(H,34,35). The maximum Gasteiger partial charge on any atom is 0.324 e. The molecule has 36 heavy (non-hydrogen) atoms. The van der Waals surface area contributed by atoms with Gasteiger partial charge in [0.05, 0.1) is 5.41 Å². The zero-order chi connectivity index (χ0) is 25.5. The number of anilines is 3. The second kappa shape index (κ2) is 11.1. The van der Waals surface area contributed by atoms with E-state index in [9.17, 15) is 19.5 Å². The Morgan fingerprint density at radius 3 is 1.72 bits per heavy atom. The molecule has 0 aliphatic carbocycles. The van der Waals surface area contributed by atoms with Crippen molar-refractivity contribution in [3.63, 3.8) is 0 Å². The summed E-state index contributed by atoms with van der Waals surface area (Å²) < 4.78 is 0. The SMILES string of the molecule is CN(C(=O)N1CCC(C(=O)O)(C(C=O)CN(c2ccccc2)c2ccccc2)CC1)c1ccccc1. The molecule has 186 valence electrons. The van der Waals surface area contributed by atoms with E-state index in [-0.39, 0.29) is 38.5 Å². The summed E-state index contributed by atoms with van der Waals surface area (Å²) in [6.45, 7) is 0.758. The Bertz CT molecular complexity index is 1120. The minimum Gasteiger partial charge on any atom is -0.481 e. The molecule has 7 nitrogen and oxygen atoms in total. The van der Waals surface area contributed by atoms with E-state index in [2.05, 4.69) is 0 Å². The first-order chi connectivity index (χ1) is 17.5. The Morgan fingerprint density at radius 2 is 1.31 bits per heavy atom. The van der Waals surface area contributed by atoms with Gasteiger partial charge >= 0.3 is 12.0 Å². The van der Waals surface area contributed by atoms with Gasteiger partial charge in [-0.25, -0.2) is 4.79 Å². The lowest BCUT2D eigenvalue weighted by atomic mass is 9.68. The van der Waals surface area contributed by atoms with E-state index in [1.807, 2.05) is 95.9 Å². The summed E-state index contributed by atoms with van der Waals surface area (Å²) >= 11 is 0. The monoisotopic (exact) mass is 485 g/mol. The Balaban J connectivity index is 1.55. The first-order valence-electron chi connectivity index (χ1n) is 12.1. The summed E-state index contributed by atoms with van der Waals surface area (Å²) in [5.74, 6) is -1.76. The second-order valence-electron chi connectivity index (χ2n) is 9.15. The first kappa shape index (κ1) is 25.0. The Kier molecular flexibility index (Phi) is 7.68. The zero-order valence-electron chi connectivity index (χ0n) is 20.4. The average molecular weight is 486 g/mol. The summed E-state index contributed by atoms with van der Waals surface area (Å²) in [6, 6.07) is 28.4. The van der Waals surface area contributed by atoms with E-state index in [0.717, 1.165) is 23.3 Å². The van der Waals surface area contributed by atoms with Crippen molar-refractivity contribution in [2.45, 2.75) is 12.8 Å². The van der Waals surface area contributed by atoms with Crippen LogP contribution in [0, 0.1) is 11.3 Å². The maximum absolute atomic E-state index is 13.1. The van der Waals surface area contributed by atoms with Crippen molar-refractivity contribution in [1.82, 2.24) is 4.90 Å². The van der Waals surface area contributed by atoms with Gasteiger partial charge in [-0.2, -0.15) is 0 Å². The van der Waals surface area contributed by atoms with Crippen molar-refractivity contribution < 1.29 is 19.5 Å². The van der Waals surface area contributed by atoms with Crippen LogP contribution >= 0.6 is 0 Å². The van der Waals surface area contributed by atoms with E-state index in [0.29, 0.717) is 0 Å². The lowest BCUT2D eigenvalue weighted by molar-refractivity contribution is -0.157. The molecular formula is C29H31N3O4. The van der Waals surface area contributed by atoms with E-state index in [4.69, 9.17) is 0 Å². The number of carbonyl (C=O) groups is 3. The topological polar surface area (TPSA) is 81.2 Å². The molecule has 1 N–H and O–H groups in total. The second-order valence-corrected chi connectivity index (χ2v) is 9.15. The van der Waals surface area contributed by atoms with Gasteiger partial charge in [0.1, 0.15) is 6.29 Å². The van der Waals surface area contributed by atoms with Gasteiger partial charge < -0.3 is 19.7 Å². The quantitative estimate of drug-likeness (QED) is 0.451. The van der Waals surface area contributed by atoms with Crippen molar-refractivity contribution in [1.29, 1.82) is 0 Å². The summed E-state index contributed by atoms with van der Waals surface area (Å²) in [6.07, 6.45) is 1.19. The minimum atomic E-state index is -1.26. The van der Waals surface area contributed by atoms with Crippen molar-refractivity contribution in [3.8, 4) is 0 Å². The summed E-state index contributed by atoms with van der Waals surface area (Å²) in [7, 11) is 1.71. The molecule has 0 saturated carbocycles. The van der Waals surface area contributed by atoms with Gasteiger partial charge in [0.15, 0.2) is 0 Å². The molecule has 1 saturated heterocycles. The van der Waals surface area contributed by atoms with Gasteiger partial charge in [0.25, 0.3) is 0 Å². The molecule has 0 bridgehead atoms. The number of carbonyl (C=O) groups excluding carboxylic acids is 2. The first-order valence-corrected chi connectivity index (χ1v) is 12.1. The molecule has 2 amide bonds. The minimum absolute atomic E-state index is 0.182. The lowest BCUT2D eigenvalue weighted by Gasteiger charge is -2.44. The molecule has 1 aliphatic rings. The molecule has 1 aliphatic heterocycles. The number of para-hydroxylation sites is 3. The number of benzene rings is 3. The normalized spacial score (nSPS) is 15.5. The number of likely N-dealkylation sites (tertiary alicyclic amines) is 1. The number of nitrogens with zero attached hydrogens (tertiary/aromatic N) is 3. The largest absolute Gasteiger partial charge is 0.481 e. The molecule has 4 rings (SSSR count). The predicted octanol–water partition coefficient (Wildman–Crippen LogP) is 5.06. The number of carboxylic acid groups (broad SMARTS) is 1. The summed E-state index contributed by atoms with van der Waals surface area (Å²) in [4.78, 5) is 43.4. The Hall–Kier alpha value is -4.13.